The van der Waals surface area contributed by atoms with Crippen molar-refractivity contribution in [2.45, 2.75) is 10.9 Å². The molecule has 1 saturated heterocycles. The van der Waals surface area contributed by atoms with E-state index in [2.05, 4.69) is 41.9 Å². The number of rotatable bonds is 6. The number of benzene rings is 1. The van der Waals surface area contributed by atoms with Gasteiger partial charge in [0.05, 0.1) is 29.5 Å². The molecule has 10 heteroatoms. The van der Waals surface area contributed by atoms with E-state index in [9.17, 15) is 0 Å². The van der Waals surface area contributed by atoms with Crippen LogP contribution in [0.2, 0.25) is 0 Å². The third-order valence-electron chi connectivity index (χ3n) is 4.46. The Hall–Kier alpha value is -2.69. The number of nitrogens with zero attached hydrogens (tertiary/aromatic N) is 6. The largest absolute Gasteiger partial charge is 0.378 e. The number of aromatic nitrogens is 5. The van der Waals surface area contributed by atoms with Gasteiger partial charge in [-0.3, -0.25) is 4.57 Å². The van der Waals surface area contributed by atoms with Gasteiger partial charge >= 0.3 is 0 Å². The molecule has 0 N–H and O–H groups in total. The molecule has 8 nitrogen and oxygen atoms in total. The van der Waals surface area contributed by atoms with Gasteiger partial charge in [0.15, 0.2) is 11.0 Å². The van der Waals surface area contributed by atoms with Crippen molar-refractivity contribution < 1.29 is 9.26 Å². The second-order valence-corrected chi connectivity index (χ2v) is 8.22. The molecular weight excluding hydrogens is 408 g/mol. The molecule has 1 aliphatic heterocycles. The van der Waals surface area contributed by atoms with Crippen molar-refractivity contribution in [3.63, 3.8) is 0 Å². The molecule has 0 spiro atoms. The van der Waals surface area contributed by atoms with Gasteiger partial charge in [-0.1, -0.05) is 41.2 Å². The van der Waals surface area contributed by atoms with Crippen molar-refractivity contribution in [1.29, 1.82) is 0 Å². The summed E-state index contributed by atoms with van der Waals surface area (Å²) in [5, 5.41) is 15.8. The number of hydrogen-bond acceptors (Lipinski definition) is 9. The summed E-state index contributed by atoms with van der Waals surface area (Å²) < 4.78 is 12.9. The number of ether oxygens (including phenoxy) is 1. The van der Waals surface area contributed by atoms with Crippen LogP contribution in [-0.4, -0.2) is 51.2 Å². The van der Waals surface area contributed by atoms with Crippen LogP contribution >= 0.6 is 23.1 Å². The topological polar surface area (TPSA) is 82.1 Å². The predicted octanol–water partition coefficient (Wildman–Crippen LogP) is 3.51. The van der Waals surface area contributed by atoms with Crippen molar-refractivity contribution in [3.05, 3.63) is 53.7 Å². The first kappa shape index (κ1) is 18.3. The highest BCUT2D eigenvalue weighted by Crippen LogP contribution is 2.29. The van der Waals surface area contributed by atoms with E-state index >= 15 is 0 Å². The van der Waals surface area contributed by atoms with Crippen molar-refractivity contribution in [1.82, 2.24) is 24.9 Å². The summed E-state index contributed by atoms with van der Waals surface area (Å²) in [6, 6.07) is 14.1. The van der Waals surface area contributed by atoms with Crippen LogP contribution in [0, 0.1) is 0 Å². The Morgan fingerprint density at radius 2 is 1.90 bits per heavy atom. The maximum atomic E-state index is 5.48. The van der Waals surface area contributed by atoms with E-state index in [1.165, 1.54) is 0 Å². The summed E-state index contributed by atoms with van der Waals surface area (Å²) in [7, 11) is 0. The Morgan fingerprint density at radius 3 is 2.69 bits per heavy atom. The third-order valence-corrected chi connectivity index (χ3v) is 6.24. The van der Waals surface area contributed by atoms with Gasteiger partial charge in [0, 0.05) is 13.1 Å². The third kappa shape index (κ3) is 3.91. The van der Waals surface area contributed by atoms with Gasteiger partial charge in [-0.2, -0.15) is 4.98 Å². The molecule has 0 aliphatic carbocycles. The lowest BCUT2D eigenvalue weighted by atomic mass is 10.3. The smallest absolute Gasteiger partial charge is 0.268 e. The van der Waals surface area contributed by atoms with E-state index < -0.39 is 0 Å². The molecule has 29 heavy (non-hydrogen) atoms. The fraction of sp³-hybridized carbons (Fsp3) is 0.263. The standard InChI is InChI=1S/C19H18N6O2S2/c1-2-5-14(6-3-1)25-18(24-8-10-26-11-9-24)21-22-19(25)29-13-16-20-17(27-23-16)15-7-4-12-28-15/h1-7,12H,8-11,13H2. The zero-order valence-corrected chi connectivity index (χ0v) is 17.1. The summed E-state index contributed by atoms with van der Waals surface area (Å²) in [6.07, 6.45) is 0. The predicted molar refractivity (Wildman–Crippen MR) is 112 cm³/mol. The van der Waals surface area contributed by atoms with E-state index in [1.807, 2.05) is 35.7 Å². The lowest BCUT2D eigenvalue weighted by Gasteiger charge is -2.27. The maximum Gasteiger partial charge on any atom is 0.268 e. The average Bonchev–Trinajstić information content (AvgIpc) is 3.54. The number of hydrogen-bond donors (Lipinski definition) is 0. The molecule has 4 aromatic rings. The maximum absolute atomic E-state index is 5.48. The summed E-state index contributed by atoms with van der Waals surface area (Å²) >= 11 is 3.12. The van der Waals surface area contributed by atoms with E-state index in [1.54, 1.807) is 23.1 Å². The quantitative estimate of drug-likeness (QED) is 0.433. The number of morpholine rings is 1. The molecule has 0 amide bonds. The van der Waals surface area contributed by atoms with Gasteiger partial charge in [0.2, 0.25) is 5.95 Å². The fourth-order valence-electron chi connectivity index (χ4n) is 3.07. The molecular formula is C19H18N6O2S2. The first-order valence-electron chi connectivity index (χ1n) is 9.21. The summed E-state index contributed by atoms with van der Waals surface area (Å²) in [4.78, 5) is 7.67. The molecule has 0 radical (unpaired) electrons. The molecule has 0 saturated carbocycles. The zero-order valence-electron chi connectivity index (χ0n) is 15.5. The fourth-order valence-corrected chi connectivity index (χ4v) is 4.50. The molecule has 1 fully saturated rings. The normalized spacial score (nSPS) is 14.4. The Balaban J connectivity index is 1.40. The molecule has 0 atom stereocenters. The molecule has 0 bridgehead atoms. The van der Waals surface area contributed by atoms with Crippen molar-refractivity contribution in [2.75, 3.05) is 31.2 Å². The van der Waals surface area contributed by atoms with Crippen LogP contribution in [-0.2, 0) is 10.5 Å². The Bertz CT molecular complexity index is 1060. The molecule has 1 aromatic carbocycles. The van der Waals surface area contributed by atoms with Gasteiger partial charge in [-0.25, -0.2) is 0 Å². The van der Waals surface area contributed by atoms with Crippen LogP contribution in [0.25, 0.3) is 16.5 Å². The van der Waals surface area contributed by atoms with Gasteiger partial charge in [-0.05, 0) is 23.6 Å². The summed E-state index contributed by atoms with van der Waals surface area (Å²) in [6.45, 7) is 2.98. The minimum Gasteiger partial charge on any atom is -0.378 e. The highest BCUT2D eigenvalue weighted by atomic mass is 32.2. The molecule has 4 heterocycles. The van der Waals surface area contributed by atoms with Gasteiger partial charge in [0.25, 0.3) is 5.89 Å². The highest BCUT2D eigenvalue weighted by molar-refractivity contribution is 7.98. The Morgan fingerprint density at radius 1 is 1.03 bits per heavy atom. The van der Waals surface area contributed by atoms with E-state index in [-0.39, 0.29) is 0 Å². The minimum absolute atomic E-state index is 0.545. The highest BCUT2D eigenvalue weighted by Gasteiger charge is 2.22. The molecule has 148 valence electrons. The Labute approximate surface area is 175 Å². The number of anilines is 1. The van der Waals surface area contributed by atoms with Crippen LogP contribution in [0.15, 0.2) is 57.5 Å². The summed E-state index contributed by atoms with van der Waals surface area (Å²) in [5.74, 6) is 2.56. The second-order valence-electron chi connectivity index (χ2n) is 6.33. The van der Waals surface area contributed by atoms with Gasteiger partial charge in [-0.15, -0.1) is 21.5 Å². The van der Waals surface area contributed by atoms with Crippen molar-refractivity contribution in [3.8, 4) is 16.5 Å². The monoisotopic (exact) mass is 426 g/mol. The van der Waals surface area contributed by atoms with Crippen LogP contribution in [0.5, 0.6) is 0 Å². The van der Waals surface area contributed by atoms with Crippen LogP contribution < -0.4 is 4.90 Å². The second kappa shape index (κ2) is 8.36. The Kier molecular flexibility index (Phi) is 5.29. The zero-order chi connectivity index (χ0) is 19.5. The minimum atomic E-state index is 0.545. The SMILES string of the molecule is c1ccc(-n2c(SCc3noc(-c4cccs4)n3)nnc2N2CCOCC2)cc1. The number of thioether (sulfide) groups is 1. The summed E-state index contributed by atoms with van der Waals surface area (Å²) in [5.41, 5.74) is 1.02. The van der Waals surface area contributed by atoms with Gasteiger partial charge in [0.1, 0.15) is 0 Å². The number of para-hydroxylation sites is 1. The van der Waals surface area contributed by atoms with Crippen LogP contribution in [0.1, 0.15) is 5.82 Å². The first-order chi connectivity index (χ1) is 14.4. The van der Waals surface area contributed by atoms with E-state index in [4.69, 9.17) is 9.26 Å². The van der Waals surface area contributed by atoms with E-state index in [0.29, 0.717) is 30.7 Å². The average molecular weight is 427 g/mol. The first-order valence-corrected chi connectivity index (χ1v) is 11.1. The van der Waals surface area contributed by atoms with E-state index in [0.717, 1.165) is 34.8 Å². The molecule has 0 unspecified atom stereocenters. The molecule has 3 aromatic heterocycles. The van der Waals surface area contributed by atoms with Crippen molar-refractivity contribution >= 4 is 29.0 Å². The lowest BCUT2D eigenvalue weighted by Crippen LogP contribution is -2.37. The number of thiophene rings is 1. The van der Waals surface area contributed by atoms with Crippen LogP contribution in [0.4, 0.5) is 5.95 Å². The van der Waals surface area contributed by atoms with Crippen molar-refractivity contribution in [2.24, 2.45) is 0 Å². The van der Waals surface area contributed by atoms with Crippen LogP contribution in [0.3, 0.4) is 0 Å². The lowest BCUT2D eigenvalue weighted by molar-refractivity contribution is 0.122. The molecule has 1 aliphatic rings. The van der Waals surface area contributed by atoms with Gasteiger partial charge < -0.3 is 14.2 Å². The molecule has 5 rings (SSSR count).